The average molecular weight is 265 g/mol. The average Bonchev–Trinajstić information content (AvgIpc) is 2.86. The third kappa shape index (κ3) is 3.67. The van der Waals surface area contributed by atoms with E-state index >= 15 is 0 Å². The number of nitrogens with zero attached hydrogens (tertiary/aromatic N) is 2. The number of hydrogen-bond acceptors (Lipinski definition) is 3. The van der Waals surface area contributed by atoms with Gasteiger partial charge in [0.25, 0.3) is 0 Å². The second-order valence-corrected chi connectivity index (χ2v) is 5.11. The van der Waals surface area contributed by atoms with Gasteiger partial charge in [-0.3, -0.25) is 9.69 Å². The molecule has 104 valence electrons. The molecule has 2 rings (SSSR count). The van der Waals surface area contributed by atoms with Gasteiger partial charge in [0.1, 0.15) is 5.82 Å². The Labute approximate surface area is 113 Å². The number of rotatable bonds is 4. The first-order valence-electron chi connectivity index (χ1n) is 6.56. The van der Waals surface area contributed by atoms with Gasteiger partial charge in [0.2, 0.25) is 5.91 Å². The van der Waals surface area contributed by atoms with Crippen molar-refractivity contribution in [2.45, 2.75) is 19.4 Å². The summed E-state index contributed by atoms with van der Waals surface area (Å²) in [5.74, 6) is -0.198. The predicted octanol–water partition coefficient (Wildman–Crippen LogP) is 1.46. The van der Waals surface area contributed by atoms with Crippen molar-refractivity contribution in [1.29, 1.82) is 0 Å². The Kier molecular flexibility index (Phi) is 4.37. The van der Waals surface area contributed by atoms with Crippen molar-refractivity contribution in [3.63, 3.8) is 0 Å². The van der Waals surface area contributed by atoms with E-state index in [0.29, 0.717) is 24.3 Å². The number of likely N-dealkylation sites (N-methyl/N-ethyl adjacent to an activating group) is 1. The van der Waals surface area contributed by atoms with E-state index in [-0.39, 0.29) is 11.7 Å². The molecule has 0 atom stereocenters. The number of anilines is 1. The van der Waals surface area contributed by atoms with Gasteiger partial charge in [-0.1, -0.05) is 6.07 Å². The third-order valence-corrected chi connectivity index (χ3v) is 3.38. The van der Waals surface area contributed by atoms with Gasteiger partial charge in [-0.15, -0.1) is 0 Å². The van der Waals surface area contributed by atoms with E-state index < -0.39 is 0 Å². The standard InChI is InChI=1S/C14H20FN3O/c1-17(10-14(19)18-6-2-3-7-18)9-11-4-5-12(16)8-13(11)15/h4-5,8H,2-3,6-7,9-10,16H2,1H3. The number of carbonyl (C=O) groups is 1. The number of likely N-dealkylation sites (tertiary alicyclic amines) is 1. The molecule has 0 bridgehead atoms. The Morgan fingerprint density at radius 1 is 1.42 bits per heavy atom. The van der Waals surface area contributed by atoms with E-state index in [2.05, 4.69) is 0 Å². The van der Waals surface area contributed by atoms with Crippen molar-refractivity contribution in [2.75, 3.05) is 32.4 Å². The first kappa shape index (κ1) is 13.8. The van der Waals surface area contributed by atoms with Gasteiger partial charge in [-0.2, -0.15) is 0 Å². The Morgan fingerprint density at radius 2 is 2.11 bits per heavy atom. The maximum atomic E-state index is 13.6. The minimum atomic E-state index is -0.319. The molecule has 0 unspecified atom stereocenters. The summed E-state index contributed by atoms with van der Waals surface area (Å²) in [7, 11) is 1.82. The van der Waals surface area contributed by atoms with Crippen molar-refractivity contribution in [1.82, 2.24) is 9.80 Å². The molecule has 5 heteroatoms. The molecule has 1 aliphatic rings. The number of hydrogen-bond donors (Lipinski definition) is 1. The predicted molar refractivity (Wildman–Crippen MR) is 73.0 cm³/mol. The third-order valence-electron chi connectivity index (χ3n) is 3.38. The van der Waals surface area contributed by atoms with Crippen molar-refractivity contribution in [3.05, 3.63) is 29.6 Å². The highest BCUT2D eigenvalue weighted by Gasteiger charge is 2.19. The number of benzene rings is 1. The Morgan fingerprint density at radius 3 is 2.74 bits per heavy atom. The molecule has 1 aliphatic heterocycles. The first-order chi connectivity index (χ1) is 9.06. The van der Waals surface area contributed by atoms with Crippen LogP contribution in [0.15, 0.2) is 18.2 Å². The molecular formula is C14H20FN3O. The van der Waals surface area contributed by atoms with Crippen molar-refractivity contribution in [2.24, 2.45) is 0 Å². The van der Waals surface area contributed by atoms with Gasteiger partial charge < -0.3 is 10.6 Å². The highest BCUT2D eigenvalue weighted by Crippen LogP contribution is 2.14. The quantitative estimate of drug-likeness (QED) is 0.839. The molecule has 1 heterocycles. The SMILES string of the molecule is CN(CC(=O)N1CCCC1)Cc1ccc(N)cc1F. The van der Waals surface area contributed by atoms with Crippen molar-refractivity contribution < 1.29 is 9.18 Å². The molecule has 0 aromatic heterocycles. The smallest absolute Gasteiger partial charge is 0.236 e. The highest BCUT2D eigenvalue weighted by molar-refractivity contribution is 5.78. The Hall–Kier alpha value is -1.62. The van der Waals surface area contributed by atoms with Gasteiger partial charge in [0, 0.05) is 30.9 Å². The number of nitrogens with two attached hydrogens (primary N) is 1. The molecule has 0 saturated carbocycles. The lowest BCUT2D eigenvalue weighted by atomic mass is 10.2. The first-order valence-corrected chi connectivity index (χ1v) is 6.56. The van der Waals surface area contributed by atoms with Crippen LogP contribution in [0.25, 0.3) is 0 Å². The van der Waals surface area contributed by atoms with E-state index in [0.717, 1.165) is 25.9 Å². The highest BCUT2D eigenvalue weighted by atomic mass is 19.1. The molecule has 19 heavy (non-hydrogen) atoms. The minimum absolute atomic E-state index is 0.121. The molecule has 0 aliphatic carbocycles. The zero-order valence-electron chi connectivity index (χ0n) is 11.2. The van der Waals surface area contributed by atoms with Crippen LogP contribution in [0.2, 0.25) is 0 Å². The summed E-state index contributed by atoms with van der Waals surface area (Å²) >= 11 is 0. The summed E-state index contributed by atoms with van der Waals surface area (Å²) in [6.07, 6.45) is 2.17. The fraction of sp³-hybridized carbons (Fsp3) is 0.500. The molecule has 1 amide bonds. The maximum Gasteiger partial charge on any atom is 0.236 e. The zero-order valence-corrected chi connectivity index (χ0v) is 11.2. The van der Waals surface area contributed by atoms with Crippen LogP contribution < -0.4 is 5.73 Å². The normalized spacial score (nSPS) is 15.2. The molecular weight excluding hydrogens is 245 g/mol. The molecule has 1 aromatic rings. The summed E-state index contributed by atoms with van der Waals surface area (Å²) < 4.78 is 13.6. The number of amides is 1. The lowest BCUT2D eigenvalue weighted by molar-refractivity contribution is -0.131. The molecule has 1 aromatic carbocycles. The van der Waals surface area contributed by atoms with Crippen LogP contribution in [-0.2, 0) is 11.3 Å². The molecule has 1 fully saturated rings. The van der Waals surface area contributed by atoms with E-state index in [1.54, 1.807) is 12.1 Å². The Bertz CT molecular complexity index is 458. The van der Waals surface area contributed by atoms with E-state index in [1.807, 2.05) is 16.8 Å². The summed E-state index contributed by atoms with van der Waals surface area (Å²) in [5.41, 5.74) is 6.48. The summed E-state index contributed by atoms with van der Waals surface area (Å²) in [6.45, 7) is 2.43. The second kappa shape index (κ2) is 6.02. The second-order valence-electron chi connectivity index (χ2n) is 5.11. The van der Waals surface area contributed by atoms with Gasteiger partial charge >= 0.3 is 0 Å². The summed E-state index contributed by atoms with van der Waals surface area (Å²) in [4.78, 5) is 15.7. The van der Waals surface area contributed by atoms with Crippen molar-refractivity contribution in [3.8, 4) is 0 Å². The van der Waals surface area contributed by atoms with Crippen LogP contribution in [0, 0.1) is 5.82 Å². The van der Waals surface area contributed by atoms with E-state index in [4.69, 9.17) is 5.73 Å². The molecule has 0 spiro atoms. The number of halogens is 1. The van der Waals surface area contributed by atoms with Crippen LogP contribution in [0.4, 0.5) is 10.1 Å². The van der Waals surface area contributed by atoms with Crippen LogP contribution in [0.5, 0.6) is 0 Å². The monoisotopic (exact) mass is 265 g/mol. The molecule has 0 radical (unpaired) electrons. The fourth-order valence-electron chi connectivity index (χ4n) is 2.34. The van der Waals surface area contributed by atoms with Crippen LogP contribution >= 0.6 is 0 Å². The summed E-state index contributed by atoms with van der Waals surface area (Å²) in [6, 6.07) is 4.65. The fourth-order valence-corrected chi connectivity index (χ4v) is 2.34. The molecule has 1 saturated heterocycles. The lowest BCUT2D eigenvalue weighted by Crippen LogP contribution is -2.37. The summed E-state index contributed by atoms with van der Waals surface area (Å²) in [5, 5.41) is 0. The zero-order chi connectivity index (χ0) is 13.8. The topological polar surface area (TPSA) is 49.6 Å². The molecule has 4 nitrogen and oxygen atoms in total. The van der Waals surface area contributed by atoms with E-state index in [1.165, 1.54) is 6.07 Å². The lowest BCUT2D eigenvalue weighted by Gasteiger charge is -2.21. The largest absolute Gasteiger partial charge is 0.399 e. The van der Waals surface area contributed by atoms with Crippen LogP contribution in [0.1, 0.15) is 18.4 Å². The van der Waals surface area contributed by atoms with Gasteiger partial charge in [0.05, 0.1) is 6.54 Å². The van der Waals surface area contributed by atoms with Crippen LogP contribution in [-0.4, -0.2) is 42.4 Å². The van der Waals surface area contributed by atoms with Crippen molar-refractivity contribution >= 4 is 11.6 Å². The molecule has 2 N–H and O–H groups in total. The van der Waals surface area contributed by atoms with Gasteiger partial charge in [-0.25, -0.2) is 4.39 Å². The minimum Gasteiger partial charge on any atom is -0.399 e. The van der Waals surface area contributed by atoms with Gasteiger partial charge in [-0.05, 0) is 32.0 Å². The number of nitrogen functional groups attached to an aromatic ring is 1. The number of carbonyl (C=O) groups excluding carboxylic acids is 1. The van der Waals surface area contributed by atoms with Crippen LogP contribution in [0.3, 0.4) is 0 Å². The Balaban J connectivity index is 1.89. The maximum absolute atomic E-state index is 13.6. The van der Waals surface area contributed by atoms with Gasteiger partial charge in [0.15, 0.2) is 0 Å². The van der Waals surface area contributed by atoms with E-state index in [9.17, 15) is 9.18 Å².